The SMILES string of the molecule is Cc1cnc2c(c1)c1cc(C(C)(C)C)cc3c1n2-c1cc(Oc2cc(C4=N[C@](C)(C(C)(C)C)CO4)cc(C(C)(C)C)c2)c(C)cc1C3(C)C. The Kier molecular flexibility index (Phi) is 7.12. The van der Waals surface area contributed by atoms with E-state index in [1.54, 1.807) is 0 Å². The molecule has 0 saturated carbocycles. The largest absolute Gasteiger partial charge is 0.475 e. The van der Waals surface area contributed by atoms with E-state index in [2.05, 4.69) is 150 Å². The third-order valence-corrected chi connectivity index (χ3v) is 11.3. The highest BCUT2D eigenvalue weighted by atomic mass is 16.5. The average Bonchev–Trinajstić information content (AvgIpc) is 3.55. The molecule has 1 atom stereocenters. The number of hydrogen-bond acceptors (Lipinski definition) is 4. The lowest BCUT2D eigenvalue weighted by Gasteiger charge is -2.36. The van der Waals surface area contributed by atoms with E-state index >= 15 is 0 Å². The van der Waals surface area contributed by atoms with Crippen LogP contribution in [-0.2, 0) is 21.0 Å². The third-order valence-electron chi connectivity index (χ3n) is 11.3. The van der Waals surface area contributed by atoms with Gasteiger partial charge < -0.3 is 9.47 Å². The zero-order valence-corrected chi connectivity index (χ0v) is 32.1. The van der Waals surface area contributed by atoms with Crippen molar-refractivity contribution in [2.45, 2.75) is 119 Å². The Morgan fingerprint density at radius 2 is 1.43 bits per heavy atom. The summed E-state index contributed by atoms with van der Waals surface area (Å²) in [5.41, 5.74) is 11.0. The molecular weight excluding hydrogens is 603 g/mol. The number of ether oxygens (including phenoxy) is 2. The number of aryl methyl sites for hydroxylation is 2. The van der Waals surface area contributed by atoms with Crippen LogP contribution in [0.3, 0.4) is 0 Å². The van der Waals surface area contributed by atoms with E-state index in [0.29, 0.717) is 12.5 Å². The first-order chi connectivity index (χ1) is 22.6. The number of hydrogen-bond donors (Lipinski definition) is 0. The molecule has 5 nitrogen and oxygen atoms in total. The number of fused-ring (bicyclic) bond motifs is 5. The molecule has 5 aromatic rings. The number of nitrogens with zero attached hydrogens (tertiary/aromatic N) is 3. The predicted molar refractivity (Wildman–Crippen MR) is 204 cm³/mol. The summed E-state index contributed by atoms with van der Waals surface area (Å²) in [6.07, 6.45) is 1.98. The Hall–Kier alpha value is -4.12. The minimum absolute atomic E-state index is 0.0151. The van der Waals surface area contributed by atoms with E-state index in [4.69, 9.17) is 19.5 Å². The van der Waals surface area contributed by atoms with Gasteiger partial charge in [0.2, 0.25) is 5.90 Å². The van der Waals surface area contributed by atoms with Crippen LogP contribution < -0.4 is 4.74 Å². The van der Waals surface area contributed by atoms with E-state index in [9.17, 15) is 0 Å². The third kappa shape index (κ3) is 5.27. The molecule has 4 heterocycles. The van der Waals surface area contributed by atoms with Crippen molar-refractivity contribution in [2.75, 3.05) is 6.61 Å². The molecule has 49 heavy (non-hydrogen) atoms. The molecule has 2 aliphatic rings. The quantitative estimate of drug-likeness (QED) is 0.194. The van der Waals surface area contributed by atoms with Gasteiger partial charge in [-0.25, -0.2) is 9.98 Å². The highest BCUT2D eigenvalue weighted by Gasteiger charge is 2.43. The molecule has 0 spiro atoms. The van der Waals surface area contributed by atoms with Gasteiger partial charge >= 0.3 is 0 Å². The molecule has 5 heteroatoms. The first-order valence-electron chi connectivity index (χ1n) is 17.8. The van der Waals surface area contributed by atoms with Crippen molar-refractivity contribution in [2.24, 2.45) is 10.4 Å². The van der Waals surface area contributed by atoms with Crippen molar-refractivity contribution < 1.29 is 9.47 Å². The van der Waals surface area contributed by atoms with Gasteiger partial charge in [-0.3, -0.25) is 4.57 Å². The summed E-state index contributed by atoms with van der Waals surface area (Å²) in [5.74, 6) is 2.30. The second kappa shape index (κ2) is 10.4. The Labute approximate surface area is 292 Å². The van der Waals surface area contributed by atoms with Gasteiger partial charge in [0.1, 0.15) is 29.3 Å². The van der Waals surface area contributed by atoms with Crippen molar-refractivity contribution in [3.8, 4) is 17.2 Å². The highest BCUT2D eigenvalue weighted by Crippen LogP contribution is 2.50. The fraction of sp³-hybridized carbons (Fsp3) is 0.455. The monoisotopic (exact) mass is 655 g/mol. The molecule has 0 bridgehead atoms. The minimum Gasteiger partial charge on any atom is -0.475 e. The molecule has 0 N–H and O–H groups in total. The second-order valence-electron chi connectivity index (χ2n) is 18.5. The number of aliphatic imine (C=N–C) groups is 1. The van der Waals surface area contributed by atoms with Crippen molar-refractivity contribution in [1.82, 2.24) is 9.55 Å². The van der Waals surface area contributed by atoms with Gasteiger partial charge in [0.05, 0.1) is 11.2 Å². The summed E-state index contributed by atoms with van der Waals surface area (Å²) in [4.78, 5) is 10.2. The normalized spacial score (nSPS) is 18.9. The second-order valence-corrected chi connectivity index (χ2v) is 18.5. The molecule has 256 valence electrons. The van der Waals surface area contributed by atoms with Crippen LogP contribution in [0.5, 0.6) is 11.5 Å². The predicted octanol–water partition coefficient (Wildman–Crippen LogP) is 11.4. The van der Waals surface area contributed by atoms with Crippen LogP contribution in [-0.4, -0.2) is 27.6 Å². The standard InChI is InChI=1S/C44H53N3O2/c1-25-15-32-31-20-29(41(6,7)8)21-34-37(31)47(38(32)45-23-25)35-22-36(26(2)16-33(35)43(34,12)13)49-30-18-27(17-28(19-30)40(3,4)5)39-46-44(14,24-48-39)42(9,10)11/h15-23H,24H2,1-14H3/t44-/m0/s1. The summed E-state index contributed by atoms with van der Waals surface area (Å²) < 4.78 is 15.6. The Morgan fingerprint density at radius 3 is 2.06 bits per heavy atom. The van der Waals surface area contributed by atoms with Gasteiger partial charge in [0.15, 0.2) is 0 Å². The van der Waals surface area contributed by atoms with Crippen molar-refractivity contribution >= 4 is 27.8 Å². The van der Waals surface area contributed by atoms with Crippen molar-refractivity contribution in [3.05, 3.63) is 93.7 Å². The molecule has 3 aromatic carbocycles. The van der Waals surface area contributed by atoms with E-state index in [-0.39, 0.29) is 27.2 Å². The number of pyridine rings is 1. The lowest BCUT2D eigenvalue weighted by Crippen LogP contribution is -2.39. The molecule has 0 saturated heterocycles. The highest BCUT2D eigenvalue weighted by molar-refractivity contribution is 6.11. The fourth-order valence-electron chi connectivity index (χ4n) is 7.26. The lowest BCUT2D eigenvalue weighted by molar-refractivity contribution is 0.154. The lowest BCUT2D eigenvalue weighted by atomic mass is 9.72. The maximum absolute atomic E-state index is 6.91. The van der Waals surface area contributed by atoms with E-state index in [0.717, 1.165) is 39.5 Å². The van der Waals surface area contributed by atoms with Gasteiger partial charge in [-0.15, -0.1) is 0 Å². The first kappa shape index (κ1) is 33.4. The van der Waals surface area contributed by atoms with Gasteiger partial charge in [0, 0.05) is 34.0 Å². The number of rotatable bonds is 3. The molecule has 0 radical (unpaired) electrons. The summed E-state index contributed by atoms with van der Waals surface area (Å²) >= 11 is 0. The Balaban J connectivity index is 1.42. The van der Waals surface area contributed by atoms with Crippen LogP contribution >= 0.6 is 0 Å². The van der Waals surface area contributed by atoms with Crippen LogP contribution in [0.15, 0.2) is 59.7 Å². The summed E-state index contributed by atoms with van der Waals surface area (Å²) in [6.45, 7) is 32.0. The molecule has 7 rings (SSSR count). The van der Waals surface area contributed by atoms with Crippen LogP contribution in [0.4, 0.5) is 0 Å². The maximum Gasteiger partial charge on any atom is 0.216 e. The smallest absolute Gasteiger partial charge is 0.216 e. The zero-order valence-electron chi connectivity index (χ0n) is 32.1. The van der Waals surface area contributed by atoms with Gasteiger partial charge in [0.25, 0.3) is 0 Å². The summed E-state index contributed by atoms with van der Waals surface area (Å²) in [6, 6.07) is 18.1. The molecule has 2 aromatic heterocycles. The Bertz CT molecular complexity index is 2210. The molecular formula is C44H53N3O2. The van der Waals surface area contributed by atoms with Gasteiger partial charge in [-0.2, -0.15) is 0 Å². The Morgan fingerprint density at radius 1 is 0.755 bits per heavy atom. The number of aromatic nitrogens is 2. The molecule has 0 aliphatic carbocycles. The summed E-state index contributed by atoms with van der Waals surface area (Å²) in [5, 5.41) is 2.45. The maximum atomic E-state index is 6.91. The summed E-state index contributed by atoms with van der Waals surface area (Å²) in [7, 11) is 0. The van der Waals surface area contributed by atoms with Crippen LogP contribution in [0.2, 0.25) is 0 Å². The fourth-order valence-corrected chi connectivity index (χ4v) is 7.26. The van der Waals surface area contributed by atoms with E-state index < -0.39 is 0 Å². The van der Waals surface area contributed by atoms with Gasteiger partial charge in [-0.05, 0) is 107 Å². The minimum atomic E-state index is -0.301. The molecule has 0 fully saturated rings. The van der Waals surface area contributed by atoms with Gasteiger partial charge in [-0.1, -0.05) is 82.2 Å². The van der Waals surface area contributed by atoms with E-state index in [1.165, 1.54) is 38.5 Å². The number of benzene rings is 3. The van der Waals surface area contributed by atoms with E-state index in [1.807, 2.05) is 6.20 Å². The zero-order chi connectivity index (χ0) is 35.6. The topological polar surface area (TPSA) is 48.6 Å². The first-order valence-corrected chi connectivity index (χ1v) is 17.8. The average molecular weight is 656 g/mol. The molecule has 0 unspecified atom stereocenters. The van der Waals surface area contributed by atoms with Crippen molar-refractivity contribution in [3.63, 3.8) is 0 Å². The van der Waals surface area contributed by atoms with Crippen LogP contribution in [0, 0.1) is 19.3 Å². The van der Waals surface area contributed by atoms with Crippen LogP contribution in [0.25, 0.3) is 27.6 Å². The van der Waals surface area contributed by atoms with Crippen LogP contribution in [0.1, 0.15) is 122 Å². The molecule has 0 amide bonds. The van der Waals surface area contributed by atoms with Crippen molar-refractivity contribution in [1.29, 1.82) is 0 Å². The molecule has 2 aliphatic heterocycles.